The van der Waals surface area contributed by atoms with Gasteiger partial charge in [0.2, 0.25) is 0 Å². The standard InChI is InChI=1S/C19H14BrNO2/c1-23-14-8-9-19-17(12-14)16(11-13(21-19)5-4-10-22)15-6-2-3-7-18(15)20/h2-12H,1H3. The molecule has 0 radical (unpaired) electrons. The highest BCUT2D eigenvalue weighted by atomic mass is 79.9. The Hall–Kier alpha value is -2.46. The molecule has 4 heteroatoms. The molecule has 114 valence electrons. The third-order valence-corrected chi connectivity index (χ3v) is 4.24. The smallest absolute Gasteiger partial charge is 0.142 e. The summed E-state index contributed by atoms with van der Waals surface area (Å²) in [4.78, 5) is 15.2. The third-order valence-electron chi connectivity index (χ3n) is 3.55. The predicted molar refractivity (Wildman–Crippen MR) is 96.5 cm³/mol. The van der Waals surface area contributed by atoms with E-state index in [-0.39, 0.29) is 0 Å². The first-order valence-electron chi connectivity index (χ1n) is 7.08. The molecule has 0 fully saturated rings. The van der Waals surface area contributed by atoms with E-state index in [0.29, 0.717) is 0 Å². The van der Waals surface area contributed by atoms with Gasteiger partial charge in [-0.1, -0.05) is 34.1 Å². The lowest BCUT2D eigenvalue weighted by Gasteiger charge is -2.11. The van der Waals surface area contributed by atoms with Gasteiger partial charge in [-0.05, 0) is 53.6 Å². The molecule has 0 atom stereocenters. The second-order valence-corrected chi connectivity index (χ2v) is 5.81. The SMILES string of the molecule is COc1ccc2nc(C=CC=O)cc(-c3ccccc3Br)c2c1. The Balaban J connectivity index is 2.33. The largest absolute Gasteiger partial charge is 0.497 e. The first-order valence-corrected chi connectivity index (χ1v) is 7.88. The van der Waals surface area contributed by atoms with Crippen LogP contribution in [0.2, 0.25) is 0 Å². The molecule has 0 amide bonds. The fourth-order valence-corrected chi connectivity index (χ4v) is 2.98. The van der Waals surface area contributed by atoms with Gasteiger partial charge in [-0.3, -0.25) is 4.79 Å². The van der Waals surface area contributed by atoms with Crippen molar-refractivity contribution in [1.29, 1.82) is 0 Å². The van der Waals surface area contributed by atoms with Crippen molar-refractivity contribution in [3.63, 3.8) is 0 Å². The maximum Gasteiger partial charge on any atom is 0.142 e. The molecule has 1 aromatic heterocycles. The molecule has 0 saturated heterocycles. The van der Waals surface area contributed by atoms with Gasteiger partial charge in [0, 0.05) is 9.86 Å². The van der Waals surface area contributed by atoms with Crippen LogP contribution in [0, 0.1) is 0 Å². The minimum atomic E-state index is 0.737. The summed E-state index contributed by atoms with van der Waals surface area (Å²) in [6, 6.07) is 15.8. The normalized spacial score (nSPS) is 11.0. The average molecular weight is 368 g/mol. The van der Waals surface area contributed by atoms with Gasteiger partial charge >= 0.3 is 0 Å². The van der Waals surface area contributed by atoms with Gasteiger partial charge in [-0.25, -0.2) is 4.98 Å². The second kappa shape index (κ2) is 6.75. The number of hydrogen-bond acceptors (Lipinski definition) is 3. The minimum absolute atomic E-state index is 0.737. The number of benzene rings is 2. The van der Waals surface area contributed by atoms with Crippen molar-refractivity contribution in [2.24, 2.45) is 0 Å². The molecule has 3 nitrogen and oxygen atoms in total. The van der Waals surface area contributed by atoms with Crippen molar-refractivity contribution >= 4 is 39.2 Å². The van der Waals surface area contributed by atoms with E-state index in [2.05, 4.69) is 20.9 Å². The van der Waals surface area contributed by atoms with Crippen molar-refractivity contribution in [3.05, 3.63) is 64.8 Å². The van der Waals surface area contributed by atoms with Crippen molar-refractivity contribution in [2.75, 3.05) is 7.11 Å². The number of carbonyl (C=O) groups excluding carboxylic acids is 1. The van der Waals surface area contributed by atoms with Gasteiger partial charge < -0.3 is 4.74 Å². The molecule has 3 rings (SSSR count). The Morgan fingerprint density at radius 3 is 2.65 bits per heavy atom. The molecule has 0 aliphatic carbocycles. The zero-order valence-corrected chi connectivity index (χ0v) is 14.1. The number of hydrogen-bond donors (Lipinski definition) is 0. The zero-order chi connectivity index (χ0) is 16.2. The molecule has 0 N–H and O–H groups in total. The van der Waals surface area contributed by atoms with E-state index in [9.17, 15) is 4.79 Å². The molecule has 0 aliphatic rings. The first-order chi connectivity index (χ1) is 11.2. The highest BCUT2D eigenvalue weighted by Gasteiger charge is 2.10. The molecule has 0 saturated carbocycles. The van der Waals surface area contributed by atoms with Crippen LogP contribution in [0.3, 0.4) is 0 Å². The molecule has 0 bridgehead atoms. The van der Waals surface area contributed by atoms with Crippen molar-refractivity contribution in [1.82, 2.24) is 4.98 Å². The highest BCUT2D eigenvalue weighted by molar-refractivity contribution is 9.10. The second-order valence-electron chi connectivity index (χ2n) is 4.95. The molecule has 3 aromatic rings. The average Bonchev–Trinajstić information content (AvgIpc) is 2.59. The molecule has 1 heterocycles. The van der Waals surface area contributed by atoms with Gasteiger partial charge in [-0.2, -0.15) is 0 Å². The summed E-state index contributed by atoms with van der Waals surface area (Å²) < 4.78 is 6.34. The predicted octanol–water partition coefficient (Wildman–Crippen LogP) is 4.89. The van der Waals surface area contributed by atoms with Crippen molar-refractivity contribution in [3.8, 4) is 16.9 Å². The number of pyridine rings is 1. The molecule has 0 spiro atoms. The van der Waals surface area contributed by atoms with Crippen LogP contribution in [0.15, 0.2) is 59.1 Å². The van der Waals surface area contributed by atoms with Gasteiger partial charge in [0.1, 0.15) is 12.0 Å². The van der Waals surface area contributed by atoms with Crippen molar-refractivity contribution in [2.45, 2.75) is 0 Å². The molecule has 0 aliphatic heterocycles. The number of ether oxygens (including phenoxy) is 1. The molecular weight excluding hydrogens is 354 g/mol. The van der Waals surface area contributed by atoms with Crippen LogP contribution in [0.1, 0.15) is 5.69 Å². The topological polar surface area (TPSA) is 39.2 Å². The van der Waals surface area contributed by atoms with Crippen molar-refractivity contribution < 1.29 is 9.53 Å². The van der Waals surface area contributed by atoms with E-state index in [1.807, 2.05) is 48.5 Å². The third kappa shape index (κ3) is 3.17. The van der Waals surface area contributed by atoms with Gasteiger partial charge in [0.05, 0.1) is 18.3 Å². The Morgan fingerprint density at radius 2 is 1.91 bits per heavy atom. The fraction of sp³-hybridized carbons (Fsp3) is 0.0526. The summed E-state index contributed by atoms with van der Waals surface area (Å²) in [6.45, 7) is 0. The fourth-order valence-electron chi connectivity index (χ4n) is 2.48. The van der Waals surface area contributed by atoms with Crippen LogP contribution >= 0.6 is 15.9 Å². The Labute approximate surface area is 142 Å². The lowest BCUT2D eigenvalue weighted by molar-refractivity contribution is -0.104. The van der Waals surface area contributed by atoms with Gasteiger partial charge in [0.15, 0.2) is 0 Å². The monoisotopic (exact) mass is 367 g/mol. The number of allylic oxidation sites excluding steroid dienone is 1. The van der Waals surface area contributed by atoms with Crippen LogP contribution in [-0.2, 0) is 4.79 Å². The van der Waals surface area contributed by atoms with Gasteiger partial charge in [-0.15, -0.1) is 0 Å². The quantitative estimate of drug-likeness (QED) is 0.487. The first kappa shape index (κ1) is 15.4. The van der Waals surface area contributed by atoms with E-state index in [0.717, 1.165) is 44.2 Å². The lowest BCUT2D eigenvalue weighted by Crippen LogP contribution is -1.91. The van der Waals surface area contributed by atoms with E-state index in [1.165, 1.54) is 6.08 Å². The molecule has 0 unspecified atom stereocenters. The number of rotatable bonds is 4. The number of methoxy groups -OCH3 is 1. The summed E-state index contributed by atoms with van der Waals surface area (Å²) in [5.74, 6) is 0.781. The lowest BCUT2D eigenvalue weighted by atomic mass is 10.00. The molecular formula is C19H14BrNO2. The minimum Gasteiger partial charge on any atom is -0.497 e. The summed E-state index contributed by atoms with van der Waals surface area (Å²) >= 11 is 3.61. The maximum atomic E-state index is 10.6. The number of aldehydes is 1. The highest BCUT2D eigenvalue weighted by Crippen LogP contribution is 2.35. The van der Waals surface area contributed by atoms with Gasteiger partial charge in [0.25, 0.3) is 0 Å². The Bertz CT molecular complexity index is 903. The number of aromatic nitrogens is 1. The van der Waals surface area contributed by atoms with Crippen LogP contribution in [-0.4, -0.2) is 18.4 Å². The molecule has 23 heavy (non-hydrogen) atoms. The zero-order valence-electron chi connectivity index (χ0n) is 12.5. The Morgan fingerprint density at radius 1 is 1.09 bits per heavy atom. The van der Waals surface area contributed by atoms with E-state index >= 15 is 0 Å². The number of fused-ring (bicyclic) bond motifs is 1. The maximum absolute atomic E-state index is 10.6. The number of halogens is 1. The van der Waals surface area contributed by atoms with Crippen LogP contribution < -0.4 is 4.74 Å². The number of nitrogens with zero attached hydrogens (tertiary/aromatic N) is 1. The summed E-state index contributed by atoms with van der Waals surface area (Å²) in [5.41, 5.74) is 3.69. The van der Waals surface area contributed by atoms with E-state index in [4.69, 9.17) is 4.74 Å². The summed E-state index contributed by atoms with van der Waals surface area (Å²) in [7, 11) is 1.65. The van der Waals surface area contributed by atoms with Crippen LogP contribution in [0.25, 0.3) is 28.1 Å². The van der Waals surface area contributed by atoms with E-state index in [1.54, 1.807) is 13.2 Å². The van der Waals surface area contributed by atoms with Crippen LogP contribution in [0.4, 0.5) is 0 Å². The number of carbonyl (C=O) groups is 1. The van der Waals surface area contributed by atoms with Crippen LogP contribution in [0.5, 0.6) is 5.75 Å². The summed E-state index contributed by atoms with van der Waals surface area (Å²) in [5, 5.41) is 1.000. The molecule has 2 aromatic carbocycles. The Kier molecular flexibility index (Phi) is 4.53. The van der Waals surface area contributed by atoms with E-state index < -0.39 is 0 Å². The summed E-state index contributed by atoms with van der Waals surface area (Å²) in [6.07, 6.45) is 3.90.